The van der Waals surface area contributed by atoms with E-state index in [1.54, 1.807) is 0 Å². The summed E-state index contributed by atoms with van der Waals surface area (Å²) in [6, 6.07) is 46.7. The Bertz CT molecular complexity index is 1850. The van der Waals surface area contributed by atoms with Crippen LogP contribution < -0.4 is 5.32 Å². The van der Waals surface area contributed by atoms with Crippen molar-refractivity contribution in [2.45, 2.75) is 0 Å². The zero-order valence-corrected chi connectivity index (χ0v) is 19.6. The number of nitrogens with one attached hydrogen (secondary N) is 1. The van der Waals surface area contributed by atoms with Crippen LogP contribution >= 0.6 is 0 Å². The van der Waals surface area contributed by atoms with Crippen molar-refractivity contribution in [1.29, 1.82) is 0 Å². The fourth-order valence-electron chi connectivity index (χ4n) is 5.12. The molecule has 1 aromatic heterocycles. The molecule has 7 aromatic rings. The first-order chi connectivity index (χ1) is 17.8. The summed E-state index contributed by atoms with van der Waals surface area (Å²) in [5, 5.41) is 8.17. The lowest BCUT2D eigenvalue weighted by atomic mass is 9.94. The number of fused-ring (bicyclic) bond motifs is 5. The quantitative estimate of drug-likeness (QED) is 0.282. The van der Waals surface area contributed by atoms with Crippen molar-refractivity contribution in [1.82, 2.24) is 0 Å². The van der Waals surface area contributed by atoms with Crippen LogP contribution in [-0.2, 0) is 0 Å². The molecule has 0 fully saturated rings. The first-order valence-corrected chi connectivity index (χ1v) is 12.2. The standard InChI is InChI=1S/C34H23NO/c1-2-9-23(10-3-1)27-12-6-7-13-28(27)25-17-20-26(21-18-25)35-32-16-8-15-30-31-22-19-24-11-4-5-14-29(24)33(31)36-34(30)32/h1-22,35H. The van der Waals surface area contributed by atoms with Crippen molar-refractivity contribution in [2.75, 3.05) is 5.32 Å². The van der Waals surface area contributed by atoms with E-state index in [0.29, 0.717) is 0 Å². The molecule has 2 nitrogen and oxygen atoms in total. The topological polar surface area (TPSA) is 25.2 Å². The van der Waals surface area contributed by atoms with Gasteiger partial charge in [0.25, 0.3) is 0 Å². The van der Waals surface area contributed by atoms with Gasteiger partial charge in [-0.1, -0.05) is 109 Å². The number of rotatable bonds is 4. The Morgan fingerprint density at radius 1 is 0.417 bits per heavy atom. The summed E-state index contributed by atoms with van der Waals surface area (Å²) in [5.41, 5.74) is 8.67. The van der Waals surface area contributed by atoms with Crippen molar-refractivity contribution in [3.63, 3.8) is 0 Å². The van der Waals surface area contributed by atoms with Crippen LogP contribution in [0, 0.1) is 0 Å². The van der Waals surface area contributed by atoms with E-state index >= 15 is 0 Å². The number of anilines is 2. The molecule has 36 heavy (non-hydrogen) atoms. The van der Waals surface area contributed by atoms with Crippen molar-refractivity contribution in [3.05, 3.63) is 133 Å². The number of para-hydroxylation sites is 1. The highest BCUT2D eigenvalue weighted by Crippen LogP contribution is 2.38. The van der Waals surface area contributed by atoms with Gasteiger partial charge in [-0.15, -0.1) is 0 Å². The van der Waals surface area contributed by atoms with E-state index in [1.807, 2.05) is 0 Å². The van der Waals surface area contributed by atoms with Crippen molar-refractivity contribution >= 4 is 44.1 Å². The highest BCUT2D eigenvalue weighted by Gasteiger charge is 2.13. The SMILES string of the molecule is c1ccc(-c2ccccc2-c2ccc(Nc3cccc4c3oc3c5ccccc5ccc43)cc2)cc1. The Morgan fingerprint density at radius 3 is 1.86 bits per heavy atom. The van der Waals surface area contributed by atoms with Gasteiger partial charge in [-0.05, 0) is 51.9 Å². The average molecular weight is 462 g/mol. The van der Waals surface area contributed by atoms with Crippen LogP contribution in [0.1, 0.15) is 0 Å². The number of hydrogen-bond donors (Lipinski definition) is 1. The molecular weight excluding hydrogens is 438 g/mol. The zero-order chi connectivity index (χ0) is 23.9. The summed E-state index contributed by atoms with van der Waals surface area (Å²) in [4.78, 5) is 0. The molecule has 0 amide bonds. The molecule has 0 aliphatic heterocycles. The molecule has 0 atom stereocenters. The molecule has 7 rings (SSSR count). The molecule has 1 heterocycles. The van der Waals surface area contributed by atoms with Gasteiger partial charge in [0.05, 0.1) is 5.69 Å². The molecule has 0 radical (unpaired) electrons. The third kappa shape index (κ3) is 3.43. The van der Waals surface area contributed by atoms with E-state index in [2.05, 4.69) is 139 Å². The molecule has 0 saturated heterocycles. The molecule has 0 saturated carbocycles. The van der Waals surface area contributed by atoms with E-state index in [0.717, 1.165) is 38.7 Å². The van der Waals surface area contributed by atoms with Crippen molar-refractivity contribution in [3.8, 4) is 22.3 Å². The predicted molar refractivity (Wildman–Crippen MR) is 152 cm³/mol. The second-order valence-electron chi connectivity index (χ2n) is 9.06. The Labute approximate surface area is 209 Å². The van der Waals surface area contributed by atoms with Crippen LogP contribution in [0.15, 0.2) is 138 Å². The summed E-state index contributed by atoms with van der Waals surface area (Å²) in [6.45, 7) is 0. The molecular formula is C34H23NO. The second-order valence-corrected chi connectivity index (χ2v) is 9.06. The first kappa shape index (κ1) is 20.5. The highest BCUT2D eigenvalue weighted by molar-refractivity contribution is 6.17. The fourth-order valence-corrected chi connectivity index (χ4v) is 5.12. The Hall–Kier alpha value is -4.82. The minimum absolute atomic E-state index is 0.877. The molecule has 1 N–H and O–H groups in total. The minimum atomic E-state index is 0.877. The molecule has 6 aromatic carbocycles. The van der Waals surface area contributed by atoms with Crippen LogP contribution in [0.4, 0.5) is 11.4 Å². The molecule has 2 heteroatoms. The summed E-state index contributed by atoms with van der Waals surface area (Å²) in [5.74, 6) is 0. The number of furan rings is 1. The number of hydrogen-bond acceptors (Lipinski definition) is 2. The maximum Gasteiger partial charge on any atom is 0.158 e. The molecule has 0 spiro atoms. The van der Waals surface area contributed by atoms with E-state index in [1.165, 1.54) is 27.6 Å². The number of benzene rings is 6. The van der Waals surface area contributed by atoms with Gasteiger partial charge in [-0.3, -0.25) is 0 Å². The Morgan fingerprint density at radius 2 is 1.06 bits per heavy atom. The first-order valence-electron chi connectivity index (χ1n) is 12.2. The summed E-state index contributed by atoms with van der Waals surface area (Å²) < 4.78 is 6.46. The van der Waals surface area contributed by atoms with Crippen LogP contribution in [-0.4, -0.2) is 0 Å². The maximum atomic E-state index is 6.46. The van der Waals surface area contributed by atoms with Gasteiger partial charge < -0.3 is 9.73 Å². The van der Waals surface area contributed by atoms with Gasteiger partial charge >= 0.3 is 0 Å². The average Bonchev–Trinajstić information content (AvgIpc) is 3.34. The third-order valence-electron chi connectivity index (χ3n) is 6.88. The normalized spacial score (nSPS) is 11.3. The van der Waals surface area contributed by atoms with Gasteiger partial charge in [-0.25, -0.2) is 0 Å². The lowest BCUT2D eigenvalue weighted by Gasteiger charge is -2.12. The molecule has 0 unspecified atom stereocenters. The van der Waals surface area contributed by atoms with Crippen molar-refractivity contribution < 1.29 is 4.42 Å². The molecule has 0 aliphatic carbocycles. The van der Waals surface area contributed by atoms with E-state index in [-0.39, 0.29) is 0 Å². The third-order valence-corrected chi connectivity index (χ3v) is 6.88. The zero-order valence-electron chi connectivity index (χ0n) is 19.6. The molecule has 0 bridgehead atoms. The molecule has 170 valence electrons. The van der Waals surface area contributed by atoms with Gasteiger partial charge in [0.2, 0.25) is 0 Å². The van der Waals surface area contributed by atoms with Crippen LogP contribution in [0.5, 0.6) is 0 Å². The summed E-state index contributed by atoms with van der Waals surface area (Å²) in [6.07, 6.45) is 0. The molecule has 0 aliphatic rings. The van der Waals surface area contributed by atoms with Crippen molar-refractivity contribution in [2.24, 2.45) is 0 Å². The monoisotopic (exact) mass is 461 g/mol. The van der Waals surface area contributed by atoms with Gasteiger partial charge in [0.15, 0.2) is 5.58 Å². The lowest BCUT2D eigenvalue weighted by molar-refractivity contribution is 0.674. The largest absolute Gasteiger partial charge is 0.453 e. The van der Waals surface area contributed by atoms with Crippen LogP contribution in [0.2, 0.25) is 0 Å². The van der Waals surface area contributed by atoms with Gasteiger partial charge in [-0.2, -0.15) is 0 Å². The van der Waals surface area contributed by atoms with Crippen LogP contribution in [0.3, 0.4) is 0 Å². The van der Waals surface area contributed by atoms with Crippen LogP contribution in [0.25, 0.3) is 55.0 Å². The van der Waals surface area contributed by atoms with E-state index in [4.69, 9.17) is 4.42 Å². The van der Waals surface area contributed by atoms with Gasteiger partial charge in [0, 0.05) is 21.8 Å². The van der Waals surface area contributed by atoms with Gasteiger partial charge in [0.1, 0.15) is 5.58 Å². The Kier molecular flexibility index (Phi) is 4.82. The fraction of sp³-hybridized carbons (Fsp3) is 0. The summed E-state index contributed by atoms with van der Waals surface area (Å²) in [7, 11) is 0. The minimum Gasteiger partial charge on any atom is -0.453 e. The van der Waals surface area contributed by atoms with E-state index in [9.17, 15) is 0 Å². The highest BCUT2D eigenvalue weighted by atomic mass is 16.3. The summed E-state index contributed by atoms with van der Waals surface area (Å²) >= 11 is 0. The predicted octanol–water partition coefficient (Wildman–Crippen LogP) is 9.82. The lowest BCUT2D eigenvalue weighted by Crippen LogP contribution is -1.91. The maximum absolute atomic E-state index is 6.46. The smallest absolute Gasteiger partial charge is 0.158 e. The second kappa shape index (κ2) is 8.44. The Balaban J connectivity index is 1.26. The van der Waals surface area contributed by atoms with E-state index < -0.39 is 0 Å².